The lowest BCUT2D eigenvalue weighted by molar-refractivity contribution is -0.274. The summed E-state index contributed by atoms with van der Waals surface area (Å²) in [6.45, 7) is 3.44. The summed E-state index contributed by atoms with van der Waals surface area (Å²) in [6.07, 6.45) is -4.95. The van der Waals surface area contributed by atoms with Crippen molar-refractivity contribution in [1.82, 2.24) is 10.9 Å². The number of hydrazine groups is 1. The van der Waals surface area contributed by atoms with Crippen molar-refractivity contribution in [3.63, 3.8) is 0 Å². The summed E-state index contributed by atoms with van der Waals surface area (Å²) >= 11 is 0. The van der Waals surface area contributed by atoms with Gasteiger partial charge in [-0.25, -0.2) is 0 Å². The van der Waals surface area contributed by atoms with Gasteiger partial charge in [-0.05, 0) is 49.1 Å². The van der Waals surface area contributed by atoms with E-state index in [1.807, 2.05) is 26.0 Å². The molecule has 0 aliphatic carbocycles. The third-order valence-electron chi connectivity index (χ3n) is 3.86. The molecule has 0 aromatic heterocycles. The summed E-state index contributed by atoms with van der Waals surface area (Å²) in [5.74, 6) is -0.932. The van der Waals surface area contributed by atoms with E-state index in [1.54, 1.807) is 12.1 Å². The van der Waals surface area contributed by atoms with Crippen LogP contribution in [0.4, 0.5) is 13.2 Å². The molecular formula is C20H21F3N2O4. The molecule has 0 spiro atoms. The number of benzene rings is 2. The highest BCUT2D eigenvalue weighted by Gasteiger charge is 2.31. The molecule has 0 aliphatic heterocycles. The molecule has 0 saturated carbocycles. The normalized spacial score (nSPS) is 10.9. The molecule has 0 fully saturated rings. The lowest BCUT2D eigenvalue weighted by Crippen LogP contribution is -2.43. The minimum absolute atomic E-state index is 0.00689. The minimum Gasteiger partial charge on any atom is -0.483 e. The molecule has 2 amide bonds. The van der Waals surface area contributed by atoms with Gasteiger partial charge in [-0.15, -0.1) is 13.2 Å². The summed E-state index contributed by atoms with van der Waals surface area (Å²) in [5, 5.41) is 0. The van der Waals surface area contributed by atoms with Gasteiger partial charge in [-0.2, -0.15) is 0 Å². The Kier molecular flexibility index (Phi) is 7.46. The van der Waals surface area contributed by atoms with Crippen molar-refractivity contribution in [1.29, 1.82) is 0 Å². The van der Waals surface area contributed by atoms with Crippen LogP contribution in [0.1, 0.15) is 23.1 Å². The van der Waals surface area contributed by atoms with Gasteiger partial charge in [0.1, 0.15) is 11.5 Å². The summed E-state index contributed by atoms with van der Waals surface area (Å²) in [6, 6.07) is 11.1. The maximum atomic E-state index is 12.4. The highest BCUT2D eigenvalue weighted by Crippen LogP contribution is 2.27. The monoisotopic (exact) mass is 410 g/mol. The molecule has 0 aliphatic rings. The molecule has 29 heavy (non-hydrogen) atoms. The lowest BCUT2D eigenvalue weighted by Gasteiger charge is -2.13. The van der Waals surface area contributed by atoms with Gasteiger partial charge >= 0.3 is 6.36 Å². The number of aryl methyl sites for hydroxylation is 3. The fourth-order valence-corrected chi connectivity index (χ4v) is 2.43. The van der Waals surface area contributed by atoms with Crippen LogP contribution >= 0.6 is 0 Å². The fraction of sp³-hybridized carbons (Fsp3) is 0.300. The number of alkyl halides is 3. The molecule has 2 aromatic carbocycles. The van der Waals surface area contributed by atoms with Gasteiger partial charge in [-0.3, -0.25) is 20.4 Å². The zero-order chi connectivity index (χ0) is 21.4. The number of nitrogens with one attached hydrogen (secondary N) is 2. The second kappa shape index (κ2) is 9.81. The Balaban J connectivity index is 1.77. The first-order valence-corrected chi connectivity index (χ1v) is 8.75. The number of para-hydroxylation sites is 1. The molecule has 0 heterocycles. The Bertz CT molecular complexity index is 869. The van der Waals surface area contributed by atoms with E-state index in [-0.39, 0.29) is 30.8 Å². The van der Waals surface area contributed by atoms with Gasteiger partial charge in [0.25, 0.3) is 5.91 Å². The molecule has 0 saturated heterocycles. The topological polar surface area (TPSA) is 76.7 Å². The van der Waals surface area contributed by atoms with Gasteiger partial charge in [0.05, 0.1) is 0 Å². The number of ether oxygens (including phenoxy) is 2. The van der Waals surface area contributed by atoms with Crippen molar-refractivity contribution in [2.75, 3.05) is 6.61 Å². The van der Waals surface area contributed by atoms with E-state index < -0.39 is 18.2 Å². The first-order chi connectivity index (χ1) is 13.6. The summed E-state index contributed by atoms with van der Waals surface area (Å²) in [7, 11) is 0. The molecule has 156 valence electrons. The van der Waals surface area contributed by atoms with Crippen LogP contribution in [0, 0.1) is 13.8 Å². The molecular weight excluding hydrogens is 389 g/mol. The third kappa shape index (κ3) is 7.73. The number of carbonyl (C=O) groups excluding carboxylic acids is 2. The standard InChI is InChI=1S/C20H21F3N2O4/c1-13-7-8-14(2)17(11-13)28-12-19(27)25-24-18(26)10-9-15-5-3-4-6-16(15)29-20(21,22)23/h3-8,11H,9-10,12H2,1-2H3,(H,24,26)(H,25,27). The number of rotatable bonds is 7. The minimum atomic E-state index is -4.82. The third-order valence-corrected chi connectivity index (χ3v) is 3.86. The lowest BCUT2D eigenvalue weighted by atomic mass is 10.1. The predicted octanol–water partition coefficient (Wildman–Crippen LogP) is 3.36. The summed E-state index contributed by atoms with van der Waals surface area (Å²) < 4.78 is 46.6. The maximum Gasteiger partial charge on any atom is 0.573 e. The first kappa shape index (κ1) is 22.1. The van der Waals surface area contributed by atoms with Crippen molar-refractivity contribution in [3.8, 4) is 11.5 Å². The molecule has 2 N–H and O–H groups in total. The zero-order valence-corrected chi connectivity index (χ0v) is 15.9. The van der Waals surface area contributed by atoms with Gasteiger partial charge in [0, 0.05) is 6.42 Å². The number of amides is 2. The Labute approximate surface area is 166 Å². The molecule has 2 rings (SSSR count). The number of carbonyl (C=O) groups is 2. The Hall–Kier alpha value is -3.23. The van der Waals surface area contributed by atoms with E-state index in [0.29, 0.717) is 5.75 Å². The fourth-order valence-electron chi connectivity index (χ4n) is 2.43. The van der Waals surface area contributed by atoms with Crippen LogP contribution in [0.5, 0.6) is 11.5 Å². The van der Waals surface area contributed by atoms with Gasteiger partial charge in [0.2, 0.25) is 5.91 Å². The zero-order valence-electron chi connectivity index (χ0n) is 15.9. The van der Waals surface area contributed by atoms with Crippen molar-refractivity contribution in [2.24, 2.45) is 0 Å². The predicted molar refractivity (Wildman–Crippen MR) is 99.1 cm³/mol. The average molecular weight is 410 g/mol. The SMILES string of the molecule is Cc1ccc(C)c(OCC(=O)NNC(=O)CCc2ccccc2OC(F)(F)F)c1. The van der Waals surface area contributed by atoms with E-state index in [1.165, 1.54) is 18.2 Å². The Morgan fingerprint density at radius 1 is 0.966 bits per heavy atom. The van der Waals surface area contributed by atoms with Crippen LogP contribution < -0.4 is 20.3 Å². The van der Waals surface area contributed by atoms with Crippen molar-refractivity contribution in [2.45, 2.75) is 33.1 Å². The second-order valence-corrected chi connectivity index (χ2v) is 6.31. The smallest absolute Gasteiger partial charge is 0.483 e. The molecule has 9 heteroatoms. The van der Waals surface area contributed by atoms with E-state index in [9.17, 15) is 22.8 Å². The quantitative estimate of drug-likeness (QED) is 0.687. The molecule has 0 radical (unpaired) electrons. The molecule has 0 atom stereocenters. The highest BCUT2D eigenvalue weighted by atomic mass is 19.4. The molecule has 6 nitrogen and oxygen atoms in total. The Morgan fingerprint density at radius 3 is 2.38 bits per heavy atom. The largest absolute Gasteiger partial charge is 0.573 e. The van der Waals surface area contributed by atoms with E-state index in [0.717, 1.165) is 11.1 Å². The summed E-state index contributed by atoms with van der Waals surface area (Å²) in [4.78, 5) is 23.7. The molecule has 2 aromatic rings. The van der Waals surface area contributed by atoms with Crippen molar-refractivity contribution >= 4 is 11.8 Å². The van der Waals surface area contributed by atoms with Crippen molar-refractivity contribution in [3.05, 3.63) is 59.2 Å². The number of hydrogen-bond donors (Lipinski definition) is 2. The van der Waals surface area contributed by atoms with Gasteiger partial charge in [-0.1, -0.05) is 30.3 Å². The second-order valence-electron chi connectivity index (χ2n) is 6.31. The van der Waals surface area contributed by atoms with Crippen LogP contribution in [0.25, 0.3) is 0 Å². The highest BCUT2D eigenvalue weighted by molar-refractivity contribution is 5.82. The van der Waals surface area contributed by atoms with Crippen LogP contribution in [0.2, 0.25) is 0 Å². The van der Waals surface area contributed by atoms with E-state index in [4.69, 9.17) is 4.74 Å². The molecule has 0 unspecified atom stereocenters. The van der Waals surface area contributed by atoms with Crippen LogP contribution in [0.15, 0.2) is 42.5 Å². The van der Waals surface area contributed by atoms with Crippen LogP contribution in [-0.2, 0) is 16.0 Å². The van der Waals surface area contributed by atoms with Gasteiger partial charge in [0.15, 0.2) is 6.61 Å². The summed E-state index contributed by atoms with van der Waals surface area (Å²) in [5.41, 5.74) is 6.48. The molecule has 0 bridgehead atoms. The Morgan fingerprint density at radius 2 is 1.66 bits per heavy atom. The van der Waals surface area contributed by atoms with Crippen molar-refractivity contribution < 1.29 is 32.2 Å². The van der Waals surface area contributed by atoms with Crippen LogP contribution in [0.3, 0.4) is 0 Å². The average Bonchev–Trinajstić information content (AvgIpc) is 2.65. The maximum absolute atomic E-state index is 12.4. The van der Waals surface area contributed by atoms with E-state index in [2.05, 4.69) is 15.6 Å². The number of hydrogen-bond acceptors (Lipinski definition) is 4. The first-order valence-electron chi connectivity index (χ1n) is 8.75. The number of halogens is 3. The van der Waals surface area contributed by atoms with Gasteiger partial charge < -0.3 is 9.47 Å². The van der Waals surface area contributed by atoms with Crippen LogP contribution in [-0.4, -0.2) is 24.8 Å². The van der Waals surface area contributed by atoms with E-state index >= 15 is 0 Å².